The molecule has 1 amide bonds. The van der Waals surface area contributed by atoms with Gasteiger partial charge in [-0.1, -0.05) is 41.5 Å². The van der Waals surface area contributed by atoms with E-state index in [1.807, 2.05) is 48.6 Å². The maximum absolute atomic E-state index is 13.9. The molecule has 2 rings (SSSR count). The summed E-state index contributed by atoms with van der Waals surface area (Å²) in [6.07, 6.45) is 1.53. The van der Waals surface area contributed by atoms with Gasteiger partial charge in [-0.25, -0.2) is 8.78 Å². The Kier molecular flexibility index (Phi) is 14.7. The number of amides is 1. The molecule has 2 saturated heterocycles. The van der Waals surface area contributed by atoms with Gasteiger partial charge in [0.25, 0.3) is 5.92 Å². The third kappa shape index (κ3) is 8.11. The molecule has 2 aliphatic heterocycles. The van der Waals surface area contributed by atoms with Gasteiger partial charge in [0.1, 0.15) is 5.78 Å². The smallest absolute Gasteiger partial charge is 0.274 e. The fourth-order valence-corrected chi connectivity index (χ4v) is 3.14. The maximum atomic E-state index is 13.9. The zero-order valence-electron chi connectivity index (χ0n) is 18.1. The van der Waals surface area contributed by atoms with Crippen LogP contribution in [0.2, 0.25) is 0 Å². The van der Waals surface area contributed by atoms with E-state index < -0.39 is 24.2 Å². The highest BCUT2D eigenvalue weighted by molar-refractivity contribution is 5.82. The lowest BCUT2D eigenvalue weighted by Crippen LogP contribution is -2.54. The molecule has 0 aromatic rings. The Labute approximate surface area is 159 Å². The molecule has 6 heteroatoms. The second-order valence-electron chi connectivity index (χ2n) is 6.05. The number of hydrogen-bond donors (Lipinski definition) is 0. The van der Waals surface area contributed by atoms with E-state index in [0.717, 1.165) is 25.9 Å². The minimum absolute atomic E-state index is 0.0701. The normalized spacial score (nSPS) is 22.5. The Morgan fingerprint density at radius 1 is 0.885 bits per heavy atom. The van der Waals surface area contributed by atoms with Gasteiger partial charge in [0, 0.05) is 12.5 Å². The van der Waals surface area contributed by atoms with Gasteiger partial charge < -0.3 is 9.80 Å². The average molecular weight is 379 g/mol. The molecule has 156 valence electrons. The molecule has 0 aliphatic carbocycles. The molecule has 0 radical (unpaired) electrons. The van der Waals surface area contributed by atoms with Gasteiger partial charge in [0.15, 0.2) is 0 Å². The summed E-state index contributed by atoms with van der Waals surface area (Å²) in [5.74, 6) is -5.12. The Morgan fingerprint density at radius 2 is 1.35 bits per heavy atom. The molecule has 2 aliphatic rings. The topological polar surface area (TPSA) is 40.6 Å². The van der Waals surface area contributed by atoms with Crippen molar-refractivity contribution in [2.24, 2.45) is 11.8 Å². The number of halogens is 2. The predicted octanol–water partition coefficient (Wildman–Crippen LogP) is 4.48. The van der Waals surface area contributed by atoms with E-state index in [9.17, 15) is 18.4 Å². The van der Waals surface area contributed by atoms with Crippen molar-refractivity contribution in [3.63, 3.8) is 0 Å². The number of alkyl halides is 2. The fourth-order valence-electron chi connectivity index (χ4n) is 3.14. The van der Waals surface area contributed by atoms with E-state index >= 15 is 0 Å². The molecule has 4 nitrogen and oxygen atoms in total. The van der Waals surface area contributed by atoms with Crippen molar-refractivity contribution in [2.45, 2.75) is 73.7 Å². The SMILES string of the molecule is CC.CC.CC.CC(=O)C1CCN(C(=O)C2CCN(C)CC2)CC1(F)F. The molecule has 1 unspecified atom stereocenters. The lowest BCUT2D eigenvalue weighted by molar-refractivity contribution is -0.161. The first-order valence-electron chi connectivity index (χ1n) is 10.2. The Balaban J connectivity index is 0. The van der Waals surface area contributed by atoms with Gasteiger partial charge >= 0.3 is 0 Å². The number of ketones is 1. The van der Waals surface area contributed by atoms with E-state index in [-0.39, 0.29) is 24.8 Å². The molecule has 0 aromatic carbocycles. The van der Waals surface area contributed by atoms with Crippen LogP contribution in [0, 0.1) is 11.8 Å². The van der Waals surface area contributed by atoms with Crippen LogP contribution in [-0.4, -0.2) is 60.6 Å². The van der Waals surface area contributed by atoms with Crippen molar-refractivity contribution in [1.29, 1.82) is 0 Å². The number of Topliss-reactive ketones (excluding diaryl/α,β-unsaturated/α-hetero) is 1. The standard InChI is InChI=1S/C14H22F2N2O2.3C2H6/c1-10(19)12-5-8-18(9-14(12,15)16)13(20)11-3-6-17(2)7-4-11;3*1-2/h11-12H,3-9H2,1-2H3;3*1-2H3. The number of nitrogens with zero attached hydrogens (tertiary/aromatic N) is 2. The van der Waals surface area contributed by atoms with Crippen molar-refractivity contribution in [2.75, 3.05) is 33.2 Å². The number of carbonyl (C=O) groups is 2. The Bertz CT molecular complexity index is 395. The number of hydrogen-bond acceptors (Lipinski definition) is 3. The molecule has 0 N–H and O–H groups in total. The summed E-state index contributed by atoms with van der Waals surface area (Å²) in [5.41, 5.74) is 0. The molecule has 2 fully saturated rings. The summed E-state index contributed by atoms with van der Waals surface area (Å²) < 4.78 is 27.9. The van der Waals surface area contributed by atoms with Crippen molar-refractivity contribution in [1.82, 2.24) is 9.80 Å². The number of piperidine rings is 2. The fraction of sp³-hybridized carbons (Fsp3) is 0.900. The lowest BCUT2D eigenvalue weighted by Gasteiger charge is -2.39. The van der Waals surface area contributed by atoms with Crippen LogP contribution in [0.25, 0.3) is 0 Å². The van der Waals surface area contributed by atoms with Crippen molar-refractivity contribution >= 4 is 11.7 Å². The molecule has 0 aromatic heterocycles. The Morgan fingerprint density at radius 3 is 1.73 bits per heavy atom. The second-order valence-corrected chi connectivity index (χ2v) is 6.05. The van der Waals surface area contributed by atoms with Gasteiger partial charge in [0.2, 0.25) is 5.91 Å². The minimum Gasteiger partial charge on any atom is -0.336 e. The molecule has 26 heavy (non-hydrogen) atoms. The predicted molar refractivity (Wildman–Crippen MR) is 105 cm³/mol. The highest BCUT2D eigenvalue weighted by Crippen LogP contribution is 2.34. The molecule has 2 heterocycles. The maximum Gasteiger partial charge on any atom is 0.274 e. The third-order valence-corrected chi connectivity index (χ3v) is 4.47. The highest BCUT2D eigenvalue weighted by atomic mass is 19.3. The summed E-state index contributed by atoms with van der Waals surface area (Å²) in [4.78, 5) is 27.0. The lowest BCUT2D eigenvalue weighted by atomic mass is 9.88. The van der Waals surface area contributed by atoms with Crippen LogP contribution in [0.1, 0.15) is 67.7 Å². The summed E-state index contributed by atoms with van der Waals surface area (Å²) >= 11 is 0. The van der Waals surface area contributed by atoms with Crippen LogP contribution in [0.3, 0.4) is 0 Å². The van der Waals surface area contributed by atoms with Gasteiger partial charge in [-0.2, -0.15) is 0 Å². The largest absolute Gasteiger partial charge is 0.336 e. The van der Waals surface area contributed by atoms with Gasteiger partial charge in [-0.15, -0.1) is 0 Å². The van der Waals surface area contributed by atoms with E-state index in [0.29, 0.717) is 0 Å². The number of likely N-dealkylation sites (tertiary alicyclic amines) is 2. The summed E-state index contributed by atoms with van der Waals surface area (Å²) in [6.45, 7) is 14.5. The van der Waals surface area contributed by atoms with Crippen LogP contribution in [0.5, 0.6) is 0 Å². The van der Waals surface area contributed by atoms with Crippen LogP contribution < -0.4 is 0 Å². The van der Waals surface area contributed by atoms with Crippen LogP contribution in [0.4, 0.5) is 8.78 Å². The van der Waals surface area contributed by atoms with Crippen molar-refractivity contribution in [3.05, 3.63) is 0 Å². The zero-order chi connectivity index (χ0) is 20.9. The highest BCUT2D eigenvalue weighted by Gasteiger charge is 2.48. The molecule has 0 saturated carbocycles. The monoisotopic (exact) mass is 378 g/mol. The van der Waals surface area contributed by atoms with Gasteiger partial charge in [-0.05, 0) is 46.3 Å². The van der Waals surface area contributed by atoms with E-state index in [1.165, 1.54) is 11.8 Å². The van der Waals surface area contributed by atoms with Crippen molar-refractivity contribution in [3.8, 4) is 0 Å². The first-order valence-corrected chi connectivity index (χ1v) is 10.2. The second kappa shape index (κ2) is 14.1. The number of carbonyl (C=O) groups excluding carboxylic acids is 2. The van der Waals surface area contributed by atoms with E-state index in [2.05, 4.69) is 4.90 Å². The first-order chi connectivity index (χ1) is 12.3. The Hall–Kier alpha value is -1.04. The minimum atomic E-state index is -3.09. The molecule has 0 bridgehead atoms. The molecule has 0 spiro atoms. The quantitative estimate of drug-likeness (QED) is 0.711. The zero-order valence-corrected chi connectivity index (χ0v) is 18.1. The van der Waals surface area contributed by atoms with Crippen LogP contribution in [-0.2, 0) is 9.59 Å². The molecular weight excluding hydrogens is 338 g/mol. The molecular formula is C20H40F2N2O2. The molecule has 1 atom stereocenters. The van der Waals surface area contributed by atoms with Crippen LogP contribution >= 0.6 is 0 Å². The summed E-state index contributed by atoms with van der Waals surface area (Å²) in [7, 11) is 1.99. The summed E-state index contributed by atoms with van der Waals surface area (Å²) in [6, 6.07) is 0. The van der Waals surface area contributed by atoms with Crippen LogP contribution in [0.15, 0.2) is 0 Å². The average Bonchev–Trinajstić information content (AvgIpc) is 2.65. The van der Waals surface area contributed by atoms with Crippen molar-refractivity contribution < 1.29 is 18.4 Å². The van der Waals surface area contributed by atoms with E-state index in [4.69, 9.17) is 0 Å². The van der Waals surface area contributed by atoms with E-state index in [1.54, 1.807) is 0 Å². The van der Waals surface area contributed by atoms with Gasteiger partial charge in [0.05, 0.1) is 12.5 Å². The number of rotatable bonds is 2. The third-order valence-electron chi connectivity index (χ3n) is 4.47. The first kappa shape index (κ1) is 27.2. The van der Waals surface area contributed by atoms with Gasteiger partial charge in [-0.3, -0.25) is 9.59 Å². The summed E-state index contributed by atoms with van der Waals surface area (Å²) in [5, 5.41) is 0.